The summed E-state index contributed by atoms with van der Waals surface area (Å²) in [6.45, 7) is 5.73. The van der Waals surface area contributed by atoms with Gasteiger partial charge < -0.3 is 52.1 Å². The molecule has 0 bridgehead atoms. The maximum atomic E-state index is 12.3. The summed E-state index contributed by atoms with van der Waals surface area (Å²) in [6, 6.07) is 6.37. The highest BCUT2D eigenvalue weighted by molar-refractivity contribution is 5.69. The Morgan fingerprint density at radius 2 is 1.11 bits per heavy atom. The lowest BCUT2D eigenvalue weighted by molar-refractivity contribution is -0.346. The van der Waals surface area contributed by atoms with E-state index in [9.17, 15) is 28.8 Å². The van der Waals surface area contributed by atoms with Crippen molar-refractivity contribution >= 4 is 35.8 Å². The number of benzene rings is 1. The standard InChI is InChI=1S/C30H38O17/c1-14(31)38-12-23-24(41-16(3)33)26(42-17(4)34)28(44-19(6)36)30(46-23)47-25-22(40-15(2)32)13-39-29(27(25)43-18(5)35)45-21-10-8-20(37-7)9-11-21/h8-11,22-30H,12-13H2,1-7H3/t22-,23-,24+,25+,26+,27-,28-,29+,30+/m1/s1. The molecule has 1 aromatic rings. The maximum absolute atomic E-state index is 12.3. The second-order valence-electron chi connectivity index (χ2n) is 10.4. The number of methoxy groups -OCH3 is 1. The fraction of sp³-hybridized carbons (Fsp3) is 0.600. The molecular weight excluding hydrogens is 632 g/mol. The Bertz CT molecular complexity index is 1280. The molecule has 0 aromatic heterocycles. The summed E-state index contributed by atoms with van der Waals surface area (Å²) in [5, 5.41) is 0. The molecule has 0 N–H and O–H groups in total. The lowest BCUT2D eigenvalue weighted by atomic mass is 9.97. The van der Waals surface area contributed by atoms with Gasteiger partial charge in [-0.2, -0.15) is 0 Å². The third-order valence-corrected chi connectivity index (χ3v) is 6.55. The van der Waals surface area contributed by atoms with E-state index in [1.54, 1.807) is 24.3 Å². The highest BCUT2D eigenvalue weighted by atomic mass is 16.8. The Morgan fingerprint density at radius 1 is 0.617 bits per heavy atom. The smallest absolute Gasteiger partial charge is 0.303 e. The minimum atomic E-state index is -1.70. The van der Waals surface area contributed by atoms with E-state index in [-0.39, 0.29) is 12.4 Å². The third-order valence-electron chi connectivity index (χ3n) is 6.55. The molecule has 0 saturated carbocycles. The Morgan fingerprint density at radius 3 is 1.62 bits per heavy atom. The van der Waals surface area contributed by atoms with Crippen molar-refractivity contribution in [3.05, 3.63) is 24.3 Å². The molecule has 0 unspecified atom stereocenters. The van der Waals surface area contributed by atoms with Crippen LogP contribution in [0.15, 0.2) is 24.3 Å². The normalized spacial score (nSPS) is 28.5. The largest absolute Gasteiger partial charge is 0.497 e. The van der Waals surface area contributed by atoms with Crippen LogP contribution in [0.3, 0.4) is 0 Å². The topological polar surface area (TPSA) is 204 Å². The van der Waals surface area contributed by atoms with E-state index in [1.165, 1.54) is 7.11 Å². The van der Waals surface area contributed by atoms with E-state index in [1.807, 2.05) is 0 Å². The summed E-state index contributed by atoms with van der Waals surface area (Å²) < 4.78 is 61.6. The maximum Gasteiger partial charge on any atom is 0.303 e. The van der Waals surface area contributed by atoms with Gasteiger partial charge in [-0.05, 0) is 24.3 Å². The van der Waals surface area contributed by atoms with Crippen LogP contribution in [-0.4, -0.2) is 111 Å². The Hall–Kier alpha value is -4.48. The first-order valence-electron chi connectivity index (χ1n) is 14.4. The van der Waals surface area contributed by atoms with Gasteiger partial charge in [0, 0.05) is 41.5 Å². The van der Waals surface area contributed by atoms with Crippen LogP contribution in [0.25, 0.3) is 0 Å². The molecule has 2 fully saturated rings. The van der Waals surface area contributed by atoms with Gasteiger partial charge in [-0.15, -0.1) is 0 Å². The van der Waals surface area contributed by atoms with Crippen molar-refractivity contribution in [1.82, 2.24) is 0 Å². The number of carbonyl (C=O) groups excluding carboxylic acids is 6. The van der Waals surface area contributed by atoms with Crippen molar-refractivity contribution in [2.45, 2.75) is 96.9 Å². The minimum Gasteiger partial charge on any atom is -0.497 e. The average molecular weight is 671 g/mol. The lowest BCUT2D eigenvalue weighted by Gasteiger charge is -2.47. The predicted molar refractivity (Wildman–Crippen MR) is 151 cm³/mol. The summed E-state index contributed by atoms with van der Waals surface area (Å²) >= 11 is 0. The van der Waals surface area contributed by atoms with E-state index in [2.05, 4.69) is 0 Å². The van der Waals surface area contributed by atoms with Crippen LogP contribution in [0.2, 0.25) is 0 Å². The monoisotopic (exact) mass is 670 g/mol. The zero-order valence-corrected chi connectivity index (χ0v) is 26.9. The summed E-state index contributed by atoms with van der Waals surface area (Å²) in [6.07, 6.45) is -13.1. The molecule has 1 aromatic carbocycles. The zero-order valence-electron chi connectivity index (χ0n) is 26.9. The molecule has 2 aliphatic heterocycles. The van der Waals surface area contributed by atoms with Crippen LogP contribution in [-0.2, 0) is 71.4 Å². The highest BCUT2D eigenvalue weighted by Crippen LogP contribution is 2.34. The van der Waals surface area contributed by atoms with E-state index in [0.29, 0.717) is 5.75 Å². The van der Waals surface area contributed by atoms with Gasteiger partial charge in [-0.25, -0.2) is 0 Å². The number of esters is 6. The second kappa shape index (κ2) is 16.9. The molecule has 3 rings (SSSR count). The van der Waals surface area contributed by atoms with E-state index >= 15 is 0 Å². The van der Waals surface area contributed by atoms with Crippen LogP contribution in [0, 0.1) is 0 Å². The molecule has 17 nitrogen and oxygen atoms in total. The number of ether oxygens (including phenoxy) is 11. The van der Waals surface area contributed by atoms with Crippen molar-refractivity contribution in [2.24, 2.45) is 0 Å². The lowest BCUT2D eigenvalue weighted by Crippen LogP contribution is -2.66. The van der Waals surface area contributed by atoms with Gasteiger partial charge in [0.25, 0.3) is 0 Å². The summed E-state index contributed by atoms with van der Waals surface area (Å²) in [7, 11) is 1.49. The van der Waals surface area contributed by atoms with Crippen LogP contribution in [0.5, 0.6) is 11.5 Å². The molecule has 0 amide bonds. The third kappa shape index (κ3) is 10.8. The fourth-order valence-electron chi connectivity index (χ4n) is 4.88. The SMILES string of the molecule is COc1ccc(O[C@@H]2OC[C@@H](OC(C)=O)[C@H](O[C@@H]3O[C@H](COC(C)=O)[C@H](OC(C)=O)[C@H](OC(C)=O)[C@H]3OC(C)=O)[C@H]2OC(C)=O)cc1. The number of hydrogen-bond acceptors (Lipinski definition) is 17. The van der Waals surface area contributed by atoms with Crippen LogP contribution in [0.4, 0.5) is 0 Å². The molecule has 17 heteroatoms. The predicted octanol–water partition coefficient (Wildman–Crippen LogP) is 0.762. The number of carbonyl (C=O) groups is 6. The summed E-state index contributed by atoms with van der Waals surface area (Å²) in [5.74, 6) is -3.98. The highest BCUT2D eigenvalue weighted by Gasteiger charge is 2.56. The van der Waals surface area contributed by atoms with Crippen molar-refractivity contribution in [3.8, 4) is 11.5 Å². The van der Waals surface area contributed by atoms with Crippen LogP contribution in [0.1, 0.15) is 41.5 Å². The molecule has 2 saturated heterocycles. The van der Waals surface area contributed by atoms with Gasteiger partial charge in [0.1, 0.15) is 30.3 Å². The van der Waals surface area contributed by atoms with Gasteiger partial charge in [0.15, 0.2) is 36.8 Å². The molecule has 260 valence electrons. The molecule has 2 aliphatic rings. The molecule has 47 heavy (non-hydrogen) atoms. The summed E-state index contributed by atoms with van der Waals surface area (Å²) in [4.78, 5) is 72.7. The molecule has 9 atom stereocenters. The fourth-order valence-corrected chi connectivity index (χ4v) is 4.88. The van der Waals surface area contributed by atoms with Crippen molar-refractivity contribution in [2.75, 3.05) is 20.3 Å². The minimum absolute atomic E-state index is 0.282. The molecule has 2 heterocycles. The van der Waals surface area contributed by atoms with E-state index in [0.717, 1.165) is 41.5 Å². The molecular formula is C30H38O17. The first-order chi connectivity index (χ1) is 22.2. The number of hydrogen-bond donors (Lipinski definition) is 0. The van der Waals surface area contributed by atoms with Crippen LogP contribution < -0.4 is 9.47 Å². The number of rotatable bonds is 12. The van der Waals surface area contributed by atoms with E-state index < -0.39 is 97.7 Å². The molecule has 0 spiro atoms. The van der Waals surface area contributed by atoms with Gasteiger partial charge >= 0.3 is 35.8 Å². The Balaban J connectivity index is 2.08. The van der Waals surface area contributed by atoms with Gasteiger partial charge in [-0.3, -0.25) is 28.8 Å². The second-order valence-corrected chi connectivity index (χ2v) is 10.4. The van der Waals surface area contributed by atoms with Gasteiger partial charge in [0.05, 0.1) is 13.7 Å². The Kier molecular flexibility index (Phi) is 13.3. The average Bonchev–Trinajstić information content (AvgIpc) is 2.97. The Labute approximate surface area is 269 Å². The van der Waals surface area contributed by atoms with Gasteiger partial charge in [-0.1, -0.05) is 0 Å². The molecule has 0 aliphatic carbocycles. The van der Waals surface area contributed by atoms with Crippen molar-refractivity contribution in [3.63, 3.8) is 0 Å². The van der Waals surface area contributed by atoms with Crippen molar-refractivity contribution < 1.29 is 80.9 Å². The van der Waals surface area contributed by atoms with Crippen molar-refractivity contribution in [1.29, 1.82) is 0 Å². The quantitative estimate of drug-likeness (QED) is 0.222. The van der Waals surface area contributed by atoms with E-state index in [4.69, 9.17) is 52.1 Å². The van der Waals surface area contributed by atoms with Crippen LogP contribution >= 0.6 is 0 Å². The first-order valence-corrected chi connectivity index (χ1v) is 14.4. The summed E-state index contributed by atoms with van der Waals surface area (Å²) in [5.41, 5.74) is 0. The first kappa shape index (κ1) is 37.0. The zero-order chi connectivity index (χ0) is 34.8. The molecule has 0 radical (unpaired) electrons. The van der Waals surface area contributed by atoms with Gasteiger partial charge in [0.2, 0.25) is 6.29 Å².